The molecule has 1 aliphatic rings. The second-order valence-corrected chi connectivity index (χ2v) is 5.21. The van der Waals surface area contributed by atoms with E-state index in [1.807, 2.05) is 19.1 Å². The Morgan fingerprint density at radius 2 is 2.20 bits per heavy atom. The van der Waals surface area contributed by atoms with Crippen LogP contribution in [0.5, 0.6) is 0 Å². The van der Waals surface area contributed by atoms with Gasteiger partial charge in [-0.05, 0) is 45.0 Å². The number of Topliss-reactive ketones (excluding diaryl/α,β-unsaturated/α-hetero) is 1. The van der Waals surface area contributed by atoms with Crippen molar-refractivity contribution in [3.8, 4) is 0 Å². The lowest BCUT2D eigenvalue weighted by atomic mass is 9.93. The van der Waals surface area contributed by atoms with Crippen LogP contribution in [0.15, 0.2) is 18.2 Å². The van der Waals surface area contributed by atoms with Gasteiger partial charge in [-0.25, -0.2) is 4.98 Å². The van der Waals surface area contributed by atoms with E-state index in [-0.39, 0.29) is 18.3 Å². The topological polar surface area (TPSA) is 68.5 Å². The SMILES string of the molecule is CCOCC(=O)C1CCN(Cc2cccc(N)n2)CC1. The first-order chi connectivity index (χ1) is 9.69. The van der Waals surface area contributed by atoms with Crippen molar-refractivity contribution in [1.29, 1.82) is 0 Å². The molecule has 5 nitrogen and oxygen atoms in total. The number of anilines is 1. The largest absolute Gasteiger partial charge is 0.384 e. The van der Waals surface area contributed by atoms with Gasteiger partial charge in [0.2, 0.25) is 0 Å². The van der Waals surface area contributed by atoms with E-state index in [2.05, 4.69) is 9.88 Å². The minimum absolute atomic E-state index is 0.159. The first kappa shape index (κ1) is 14.9. The number of carbonyl (C=O) groups excluding carboxylic acids is 1. The summed E-state index contributed by atoms with van der Waals surface area (Å²) in [5.74, 6) is 0.962. The molecule has 0 aromatic carbocycles. The minimum Gasteiger partial charge on any atom is -0.384 e. The van der Waals surface area contributed by atoms with Crippen molar-refractivity contribution >= 4 is 11.6 Å². The molecule has 0 aliphatic carbocycles. The molecule has 2 N–H and O–H groups in total. The Bertz CT molecular complexity index is 442. The zero-order chi connectivity index (χ0) is 14.4. The number of pyridine rings is 1. The highest BCUT2D eigenvalue weighted by Gasteiger charge is 2.24. The molecule has 2 rings (SSSR count). The van der Waals surface area contributed by atoms with Gasteiger partial charge >= 0.3 is 0 Å². The Labute approximate surface area is 120 Å². The number of carbonyl (C=O) groups is 1. The molecule has 1 saturated heterocycles. The third-order valence-electron chi connectivity index (χ3n) is 3.71. The number of hydrogen-bond donors (Lipinski definition) is 1. The van der Waals surface area contributed by atoms with E-state index < -0.39 is 0 Å². The standard InChI is InChI=1S/C15H23N3O2/c1-2-20-11-14(19)12-6-8-18(9-7-12)10-13-4-3-5-15(16)17-13/h3-5,12H,2,6-11H2,1H3,(H2,16,17). The fourth-order valence-electron chi connectivity index (χ4n) is 2.55. The van der Waals surface area contributed by atoms with Gasteiger partial charge in [-0.1, -0.05) is 6.07 Å². The lowest BCUT2D eigenvalue weighted by Gasteiger charge is -2.30. The number of piperidine rings is 1. The Kier molecular flexibility index (Phi) is 5.49. The molecule has 0 saturated carbocycles. The first-order valence-electron chi connectivity index (χ1n) is 7.23. The summed E-state index contributed by atoms with van der Waals surface area (Å²) in [7, 11) is 0. The molecular weight excluding hydrogens is 254 g/mol. The summed E-state index contributed by atoms with van der Waals surface area (Å²) >= 11 is 0. The summed E-state index contributed by atoms with van der Waals surface area (Å²) in [5, 5.41) is 0. The van der Waals surface area contributed by atoms with Crippen LogP contribution in [-0.4, -0.2) is 42.0 Å². The van der Waals surface area contributed by atoms with Crippen molar-refractivity contribution in [1.82, 2.24) is 9.88 Å². The van der Waals surface area contributed by atoms with Crippen molar-refractivity contribution in [2.45, 2.75) is 26.3 Å². The first-order valence-corrected chi connectivity index (χ1v) is 7.23. The molecule has 1 aromatic rings. The number of ether oxygens (including phenoxy) is 1. The van der Waals surface area contributed by atoms with Crippen LogP contribution in [-0.2, 0) is 16.1 Å². The fraction of sp³-hybridized carbons (Fsp3) is 0.600. The normalized spacial score (nSPS) is 17.2. The minimum atomic E-state index is 0.159. The molecule has 1 aromatic heterocycles. The van der Waals surface area contributed by atoms with Gasteiger partial charge in [-0.3, -0.25) is 9.69 Å². The van der Waals surface area contributed by atoms with E-state index in [4.69, 9.17) is 10.5 Å². The molecule has 0 radical (unpaired) electrons. The molecule has 110 valence electrons. The van der Waals surface area contributed by atoms with Crippen LogP contribution in [0.4, 0.5) is 5.82 Å². The van der Waals surface area contributed by atoms with Crippen molar-refractivity contribution in [3.05, 3.63) is 23.9 Å². The van der Waals surface area contributed by atoms with Gasteiger partial charge in [0.25, 0.3) is 0 Å². The van der Waals surface area contributed by atoms with Gasteiger partial charge in [-0.2, -0.15) is 0 Å². The number of nitrogens with zero attached hydrogens (tertiary/aromatic N) is 2. The van der Waals surface area contributed by atoms with Crippen LogP contribution in [0.1, 0.15) is 25.5 Å². The lowest BCUT2D eigenvalue weighted by molar-refractivity contribution is -0.128. The monoisotopic (exact) mass is 277 g/mol. The Morgan fingerprint density at radius 3 is 2.85 bits per heavy atom. The molecule has 0 unspecified atom stereocenters. The molecule has 0 amide bonds. The number of ketones is 1. The molecule has 1 fully saturated rings. The van der Waals surface area contributed by atoms with E-state index in [1.165, 1.54) is 0 Å². The summed E-state index contributed by atoms with van der Waals surface area (Å²) in [6.07, 6.45) is 1.82. The third kappa shape index (κ3) is 4.28. The Balaban J connectivity index is 1.78. The molecule has 0 bridgehead atoms. The molecular formula is C15H23N3O2. The number of nitrogen functional groups attached to an aromatic ring is 1. The number of likely N-dealkylation sites (tertiary alicyclic amines) is 1. The van der Waals surface area contributed by atoms with Crippen molar-refractivity contribution < 1.29 is 9.53 Å². The summed E-state index contributed by atoms with van der Waals surface area (Å²) < 4.78 is 5.20. The molecule has 0 atom stereocenters. The highest BCUT2D eigenvalue weighted by atomic mass is 16.5. The Morgan fingerprint density at radius 1 is 1.45 bits per heavy atom. The molecule has 2 heterocycles. The average Bonchev–Trinajstić information content (AvgIpc) is 2.45. The van der Waals surface area contributed by atoms with Crippen LogP contribution in [0, 0.1) is 5.92 Å². The van der Waals surface area contributed by atoms with Crippen LogP contribution < -0.4 is 5.73 Å². The number of nitrogens with two attached hydrogens (primary N) is 1. The van der Waals surface area contributed by atoms with E-state index in [9.17, 15) is 4.79 Å². The molecule has 1 aliphatic heterocycles. The zero-order valence-corrected chi connectivity index (χ0v) is 12.0. The number of rotatable bonds is 6. The third-order valence-corrected chi connectivity index (χ3v) is 3.71. The zero-order valence-electron chi connectivity index (χ0n) is 12.0. The summed E-state index contributed by atoms with van der Waals surface area (Å²) in [6.45, 7) is 5.44. The maximum Gasteiger partial charge on any atom is 0.161 e. The molecule has 5 heteroatoms. The predicted octanol–water partition coefficient (Wildman–Crippen LogP) is 1.48. The number of hydrogen-bond acceptors (Lipinski definition) is 5. The second kappa shape index (κ2) is 7.36. The maximum atomic E-state index is 11.9. The highest BCUT2D eigenvalue weighted by Crippen LogP contribution is 2.19. The smallest absolute Gasteiger partial charge is 0.161 e. The van der Waals surface area contributed by atoms with Gasteiger partial charge in [0.15, 0.2) is 5.78 Å². The van der Waals surface area contributed by atoms with Gasteiger partial charge in [0, 0.05) is 19.1 Å². The van der Waals surface area contributed by atoms with E-state index >= 15 is 0 Å². The van der Waals surface area contributed by atoms with Crippen molar-refractivity contribution in [3.63, 3.8) is 0 Å². The van der Waals surface area contributed by atoms with Gasteiger partial charge < -0.3 is 10.5 Å². The summed E-state index contributed by atoms with van der Waals surface area (Å²) in [6, 6.07) is 5.71. The molecule has 20 heavy (non-hydrogen) atoms. The highest BCUT2D eigenvalue weighted by molar-refractivity contribution is 5.82. The maximum absolute atomic E-state index is 11.9. The second-order valence-electron chi connectivity index (χ2n) is 5.21. The summed E-state index contributed by atoms with van der Waals surface area (Å²) in [5.41, 5.74) is 6.67. The average molecular weight is 277 g/mol. The van der Waals surface area contributed by atoms with E-state index in [1.54, 1.807) is 6.07 Å². The van der Waals surface area contributed by atoms with Crippen LogP contribution in [0.2, 0.25) is 0 Å². The van der Waals surface area contributed by atoms with Crippen molar-refractivity contribution in [2.24, 2.45) is 5.92 Å². The quantitative estimate of drug-likeness (QED) is 0.853. The van der Waals surface area contributed by atoms with Crippen LogP contribution >= 0.6 is 0 Å². The van der Waals surface area contributed by atoms with E-state index in [0.29, 0.717) is 12.4 Å². The van der Waals surface area contributed by atoms with E-state index in [0.717, 1.165) is 38.2 Å². The predicted molar refractivity (Wildman–Crippen MR) is 78.2 cm³/mol. The number of aromatic nitrogens is 1. The fourth-order valence-corrected chi connectivity index (χ4v) is 2.55. The lowest BCUT2D eigenvalue weighted by Crippen LogP contribution is -2.37. The van der Waals surface area contributed by atoms with Gasteiger partial charge in [0.1, 0.15) is 12.4 Å². The van der Waals surface area contributed by atoms with Crippen molar-refractivity contribution in [2.75, 3.05) is 32.0 Å². The Hall–Kier alpha value is -1.46. The van der Waals surface area contributed by atoms with Crippen LogP contribution in [0.3, 0.4) is 0 Å². The summed E-state index contributed by atoms with van der Waals surface area (Å²) in [4.78, 5) is 18.5. The molecule has 0 spiro atoms. The van der Waals surface area contributed by atoms with Crippen LogP contribution in [0.25, 0.3) is 0 Å². The van der Waals surface area contributed by atoms with Gasteiger partial charge in [0.05, 0.1) is 5.69 Å². The van der Waals surface area contributed by atoms with Gasteiger partial charge in [-0.15, -0.1) is 0 Å².